The second-order valence-electron chi connectivity index (χ2n) is 4.28. The number of aliphatic hydroxyl groups is 1. The lowest BCUT2D eigenvalue weighted by Gasteiger charge is -2.20. The van der Waals surface area contributed by atoms with Gasteiger partial charge in [0.25, 0.3) is 0 Å². The molecule has 0 unspecified atom stereocenters. The largest absolute Gasteiger partial charge is 0.478 e. The van der Waals surface area contributed by atoms with Crippen molar-refractivity contribution in [3.05, 3.63) is 11.8 Å². The van der Waals surface area contributed by atoms with Crippen LogP contribution in [-0.4, -0.2) is 34.3 Å². The van der Waals surface area contributed by atoms with Gasteiger partial charge in [0.1, 0.15) is 0 Å². The maximum absolute atomic E-state index is 9.25. The average Bonchev–Trinajstić information content (AvgIpc) is 2.25. The third-order valence-corrected chi connectivity index (χ3v) is 2.44. The summed E-state index contributed by atoms with van der Waals surface area (Å²) < 4.78 is 5.35. The first-order valence-corrected chi connectivity index (χ1v) is 5.92. The lowest BCUT2D eigenvalue weighted by molar-refractivity contribution is 0.248. The predicted molar refractivity (Wildman–Crippen MR) is 67.3 cm³/mol. The number of aromatic nitrogens is 2. The van der Waals surface area contributed by atoms with E-state index in [-0.39, 0.29) is 12.6 Å². The molecule has 1 heterocycles. The fourth-order valence-corrected chi connectivity index (χ4v) is 1.41. The summed E-state index contributed by atoms with van der Waals surface area (Å²) in [6.07, 6.45) is 0. The lowest BCUT2D eigenvalue weighted by Crippen LogP contribution is -2.30. The van der Waals surface area contributed by atoms with Crippen LogP contribution in [0.5, 0.6) is 5.88 Å². The molecule has 2 N–H and O–H groups in total. The summed E-state index contributed by atoms with van der Waals surface area (Å²) in [7, 11) is 0. The summed E-state index contributed by atoms with van der Waals surface area (Å²) in [5.74, 6) is 1.36. The third-order valence-electron chi connectivity index (χ3n) is 2.44. The molecule has 5 heteroatoms. The molecule has 0 amide bonds. The van der Waals surface area contributed by atoms with Crippen molar-refractivity contribution >= 4 is 5.95 Å². The molecule has 1 rings (SSSR count). The number of hydrogen-bond donors (Lipinski definition) is 2. The molecule has 1 aromatic rings. The highest BCUT2D eigenvalue weighted by Gasteiger charge is 2.13. The van der Waals surface area contributed by atoms with Crippen LogP contribution < -0.4 is 10.1 Å². The number of nitrogens with one attached hydrogen (secondary N) is 1. The van der Waals surface area contributed by atoms with Crippen LogP contribution in [0.3, 0.4) is 0 Å². The fourth-order valence-electron chi connectivity index (χ4n) is 1.41. The topological polar surface area (TPSA) is 67.3 Å². The molecule has 0 fully saturated rings. The maximum Gasteiger partial charge on any atom is 0.226 e. The Balaban J connectivity index is 2.82. The van der Waals surface area contributed by atoms with E-state index in [1.807, 2.05) is 27.7 Å². The summed E-state index contributed by atoms with van der Waals surface area (Å²) in [6, 6.07) is 1.74. The van der Waals surface area contributed by atoms with Crippen molar-refractivity contribution in [2.75, 3.05) is 18.5 Å². The van der Waals surface area contributed by atoms with Crippen molar-refractivity contribution in [2.24, 2.45) is 5.92 Å². The zero-order chi connectivity index (χ0) is 12.8. The summed E-state index contributed by atoms with van der Waals surface area (Å²) >= 11 is 0. The lowest BCUT2D eigenvalue weighted by atomic mass is 10.1. The van der Waals surface area contributed by atoms with Gasteiger partial charge in [-0.2, -0.15) is 4.98 Å². The Hall–Kier alpha value is -1.36. The SMILES string of the molecule is CCOc1cc(C)nc(N[C@H](CO)C(C)C)n1. The molecule has 0 saturated heterocycles. The maximum atomic E-state index is 9.25. The van der Waals surface area contributed by atoms with Crippen LogP contribution in [0.25, 0.3) is 0 Å². The van der Waals surface area contributed by atoms with Gasteiger partial charge in [0.05, 0.1) is 19.3 Å². The van der Waals surface area contributed by atoms with Crippen molar-refractivity contribution < 1.29 is 9.84 Å². The summed E-state index contributed by atoms with van der Waals surface area (Å²) in [5, 5.41) is 12.4. The Morgan fingerprint density at radius 1 is 1.41 bits per heavy atom. The molecule has 0 saturated carbocycles. The van der Waals surface area contributed by atoms with Crippen molar-refractivity contribution in [1.82, 2.24) is 9.97 Å². The number of anilines is 1. The van der Waals surface area contributed by atoms with E-state index in [9.17, 15) is 5.11 Å². The Morgan fingerprint density at radius 2 is 2.12 bits per heavy atom. The van der Waals surface area contributed by atoms with E-state index in [1.165, 1.54) is 0 Å². The van der Waals surface area contributed by atoms with Crippen LogP contribution in [0.15, 0.2) is 6.07 Å². The minimum Gasteiger partial charge on any atom is -0.478 e. The molecule has 5 nitrogen and oxygen atoms in total. The molecule has 1 atom stereocenters. The molecule has 0 radical (unpaired) electrons. The smallest absolute Gasteiger partial charge is 0.226 e. The standard InChI is InChI=1S/C12H21N3O2/c1-5-17-11-6-9(4)13-12(15-11)14-10(7-16)8(2)3/h6,8,10,16H,5,7H2,1-4H3,(H,13,14,15)/t10-/m1/s1. The number of ether oxygens (including phenoxy) is 1. The van der Waals surface area contributed by atoms with Crippen molar-refractivity contribution in [2.45, 2.75) is 33.7 Å². The van der Waals surface area contributed by atoms with Gasteiger partial charge in [0.15, 0.2) is 0 Å². The Labute approximate surface area is 102 Å². The van der Waals surface area contributed by atoms with Crippen molar-refractivity contribution in [1.29, 1.82) is 0 Å². The van der Waals surface area contributed by atoms with Crippen LogP contribution >= 0.6 is 0 Å². The van der Waals surface area contributed by atoms with Gasteiger partial charge in [0, 0.05) is 11.8 Å². The quantitative estimate of drug-likeness (QED) is 0.789. The number of aryl methyl sites for hydroxylation is 1. The van der Waals surface area contributed by atoms with E-state index >= 15 is 0 Å². The van der Waals surface area contributed by atoms with Crippen LogP contribution in [0.2, 0.25) is 0 Å². The second kappa shape index (κ2) is 6.39. The number of nitrogens with zero attached hydrogens (tertiary/aromatic N) is 2. The van der Waals surface area contributed by atoms with Gasteiger partial charge < -0.3 is 15.2 Å². The van der Waals surface area contributed by atoms with Crippen LogP contribution in [0, 0.1) is 12.8 Å². The molecule has 96 valence electrons. The average molecular weight is 239 g/mol. The molecular weight excluding hydrogens is 218 g/mol. The number of aliphatic hydroxyl groups excluding tert-OH is 1. The van der Waals surface area contributed by atoms with Crippen LogP contribution in [0.4, 0.5) is 5.95 Å². The predicted octanol–water partition coefficient (Wildman–Crippen LogP) is 1.61. The Kier molecular flexibility index (Phi) is 5.15. The third kappa shape index (κ3) is 4.19. The van der Waals surface area contributed by atoms with Gasteiger partial charge in [-0.3, -0.25) is 0 Å². The van der Waals surface area contributed by atoms with E-state index in [1.54, 1.807) is 6.07 Å². The molecule has 17 heavy (non-hydrogen) atoms. The van der Waals surface area contributed by atoms with Gasteiger partial charge in [-0.1, -0.05) is 13.8 Å². The van der Waals surface area contributed by atoms with Crippen molar-refractivity contribution in [3.8, 4) is 5.88 Å². The molecule has 0 aliphatic rings. The minimum atomic E-state index is -0.0497. The van der Waals surface area contributed by atoms with E-state index in [0.717, 1.165) is 5.69 Å². The molecule has 0 aromatic carbocycles. The number of hydrogen-bond acceptors (Lipinski definition) is 5. The molecule has 0 aliphatic carbocycles. The van der Waals surface area contributed by atoms with Gasteiger partial charge in [-0.05, 0) is 19.8 Å². The highest BCUT2D eigenvalue weighted by atomic mass is 16.5. The van der Waals surface area contributed by atoms with Crippen molar-refractivity contribution in [3.63, 3.8) is 0 Å². The van der Waals surface area contributed by atoms with Gasteiger partial charge in [-0.25, -0.2) is 4.98 Å². The van der Waals surface area contributed by atoms with E-state index in [0.29, 0.717) is 24.4 Å². The molecule has 0 aliphatic heterocycles. The zero-order valence-electron chi connectivity index (χ0n) is 10.9. The Bertz CT molecular complexity index is 356. The van der Waals surface area contributed by atoms with Crippen LogP contribution in [-0.2, 0) is 0 Å². The molecular formula is C12H21N3O2. The molecule has 0 spiro atoms. The number of rotatable bonds is 6. The first kappa shape index (κ1) is 13.7. The first-order chi connectivity index (χ1) is 8.06. The molecule has 0 bridgehead atoms. The monoisotopic (exact) mass is 239 g/mol. The zero-order valence-corrected chi connectivity index (χ0v) is 10.9. The van der Waals surface area contributed by atoms with Gasteiger partial charge >= 0.3 is 0 Å². The van der Waals surface area contributed by atoms with Crippen LogP contribution in [0.1, 0.15) is 26.5 Å². The summed E-state index contributed by atoms with van der Waals surface area (Å²) in [6.45, 7) is 8.50. The molecule has 1 aromatic heterocycles. The van der Waals surface area contributed by atoms with Gasteiger partial charge in [-0.15, -0.1) is 0 Å². The first-order valence-electron chi connectivity index (χ1n) is 5.92. The minimum absolute atomic E-state index is 0.0497. The summed E-state index contributed by atoms with van der Waals surface area (Å²) in [4.78, 5) is 8.51. The fraction of sp³-hybridized carbons (Fsp3) is 0.667. The van der Waals surface area contributed by atoms with E-state index in [2.05, 4.69) is 15.3 Å². The van der Waals surface area contributed by atoms with Gasteiger partial charge in [0.2, 0.25) is 11.8 Å². The van der Waals surface area contributed by atoms with E-state index in [4.69, 9.17) is 4.74 Å². The highest BCUT2D eigenvalue weighted by molar-refractivity contribution is 5.31. The van der Waals surface area contributed by atoms with E-state index < -0.39 is 0 Å². The normalized spacial score (nSPS) is 12.6. The second-order valence-corrected chi connectivity index (χ2v) is 4.28. The Morgan fingerprint density at radius 3 is 2.65 bits per heavy atom. The summed E-state index contributed by atoms with van der Waals surface area (Å²) in [5.41, 5.74) is 0.839. The highest BCUT2D eigenvalue weighted by Crippen LogP contribution is 2.14.